The summed E-state index contributed by atoms with van der Waals surface area (Å²) in [5.41, 5.74) is 11.5. The summed E-state index contributed by atoms with van der Waals surface area (Å²) in [4.78, 5) is 74.8. The Morgan fingerprint density at radius 1 is 0.853 bits per heavy atom. The highest BCUT2D eigenvalue weighted by molar-refractivity contribution is 6.36. The largest absolute Gasteiger partial charge is 0.469 e. The maximum absolute atomic E-state index is 13.3. The zero-order valence-corrected chi connectivity index (χ0v) is 38.0. The molecule has 5 aromatic heterocycles. The third-order valence-corrected chi connectivity index (χ3v) is 11.6. The first-order valence-corrected chi connectivity index (χ1v) is 22.3. The number of aromatic nitrogens is 7. The van der Waals surface area contributed by atoms with Crippen molar-refractivity contribution >= 4 is 64.3 Å². The van der Waals surface area contributed by atoms with Crippen LogP contribution < -0.4 is 32.3 Å². The number of pyridine rings is 2. The van der Waals surface area contributed by atoms with Crippen molar-refractivity contribution in [2.75, 3.05) is 61.5 Å². The van der Waals surface area contributed by atoms with Crippen LogP contribution in [-0.2, 0) is 27.4 Å². The smallest absolute Gasteiger partial charge is 0.310 e. The van der Waals surface area contributed by atoms with E-state index in [1.54, 1.807) is 54.9 Å². The number of anilines is 4. The van der Waals surface area contributed by atoms with Crippen molar-refractivity contribution in [2.45, 2.75) is 39.3 Å². The molecule has 1 aliphatic heterocycles. The van der Waals surface area contributed by atoms with E-state index < -0.39 is 5.91 Å². The van der Waals surface area contributed by atoms with E-state index in [2.05, 4.69) is 61.5 Å². The van der Waals surface area contributed by atoms with Gasteiger partial charge in [0.1, 0.15) is 11.4 Å². The zero-order chi connectivity index (χ0) is 47.6. The molecule has 350 valence electrons. The Balaban J connectivity index is 0.756. The average Bonchev–Trinajstić information content (AvgIpc) is 4.15. The second-order valence-electron chi connectivity index (χ2n) is 16.0. The molecule has 0 saturated carbocycles. The maximum atomic E-state index is 13.3. The van der Waals surface area contributed by atoms with Gasteiger partial charge in [-0.2, -0.15) is 19.5 Å². The first-order valence-electron chi connectivity index (χ1n) is 21.9. The van der Waals surface area contributed by atoms with Crippen LogP contribution in [0.5, 0.6) is 0 Å². The van der Waals surface area contributed by atoms with Gasteiger partial charge >= 0.3 is 5.97 Å². The molecule has 8 rings (SSSR count). The van der Waals surface area contributed by atoms with E-state index in [4.69, 9.17) is 26.5 Å². The normalized spacial score (nSPS) is 13.6. The van der Waals surface area contributed by atoms with E-state index in [0.717, 1.165) is 35.2 Å². The minimum Gasteiger partial charge on any atom is -0.469 e. The van der Waals surface area contributed by atoms with E-state index >= 15 is 0 Å². The summed E-state index contributed by atoms with van der Waals surface area (Å²) < 4.78 is 11.5. The van der Waals surface area contributed by atoms with Gasteiger partial charge in [-0.05, 0) is 85.0 Å². The van der Waals surface area contributed by atoms with Crippen molar-refractivity contribution in [1.29, 1.82) is 0 Å². The number of likely N-dealkylation sites (tertiary alicyclic amines) is 1. The standard InChI is InChI=1S/C47H49ClN14O6/c1-28-32(33-8-4-10-35(40(33)48)56-43(65)37-16-14-30(25-54-37)26-61-21-17-31(27-61)44(66)67-2)7-3-9-34(28)55-42(64)36-15-13-29(24-53-36)23-50-19-20-51-39(63)12-5-18-52-46-58-45(49)62-47(59-46)57-41(60-62)38-11-6-22-68-38/h3-4,6-11,13-16,22,24-25,31,50H,5,12,17-21,23,26-27H2,1-2H3,(H,51,63)(H,55,64)(H,56,65)(H3,49,52,57,58,59,60)/t31-/m1/s1. The monoisotopic (exact) mass is 940 g/mol. The molecule has 0 radical (unpaired) electrons. The number of amides is 3. The van der Waals surface area contributed by atoms with E-state index in [9.17, 15) is 19.2 Å². The number of hydrogen-bond acceptors (Lipinski definition) is 16. The topological polar surface area (TPSA) is 262 Å². The number of nitrogens with zero attached hydrogens (tertiary/aromatic N) is 8. The van der Waals surface area contributed by atoms with E-state index in [1.807, 2.05) is 37.3 Å². The van der Waals surface area contributed by atoms with Gasteiger partial charge in [0.25, 0.3) is 17.6 Å². The second-order valence-corrected chi connectivity index (χ2v) is 16.4. The summed E-state index contributed by atoms with van der Waals surface area (Å²) >= 11 is 6.91. The number of nitrogens with one attached hydrogen (secondary N) is 5. The van der Waals surface area contributed by atoms with Gasteiger partial charge in [-0.15, -0.1) is 5.10 Å². The van der Waals surface area contributed by atoms with Crippen LogP contribution in [-0.4, -0.2) is 103 Å². The number of ether oxygens (including phenoxy) is 1. The van der Waals surface area contributed by atoms with Crippen LogP contribution in [0.1, 0.15) is 56.9 Å². The lowest BCUT2D eigenvalue weighted by Crippen LogP contribution is -2.31. The summed E-state index contributed by atoms with van der Waals surface area (Å²) in [7, 11) is 1.40. The summed E-state index contributed by atoms with van der Waals surface area (Å²) in [6.07, 6.45) is 6.41. The summed E-state index contributed by atoms with van der Waals surface area (Å²) in [5, 5.41) is 19.7. The number of benzene rings is 2. The van der Waals surface area contributed by atoms with Gasteiger partial charge in [-0.1, -0.05) is 48.0 Å². The van der Waals surface area contributed by atoms with Gasteiger partial charge in [-0.3, -0.25) is 34.0 Å². The Bertz CT molecular complexity index is 2910. The first kappa shape index (κ1) is 46.7. The number of carbonyl (C=O) groups excluding carboxylic acids is 4. The molecule has 7 N–H and O–H groups in total. The molecular weight excluding hydrogens is 892 g/mol. The fourth-order valence-electron chi connectivity index (χ4n) is 7.64. The number of nitrogens with two attached hydrogens (primary N) is 1. The highest BCUT2D eigenvalue weighted by atomic mass is 35.5. The van der Waals surface area contributed by atoms with Gasteiger partial charge in [0, 0.05) is 69.3 Å². The van der Waals surface area contributed by atoms with Crippen molar-refractivity contribution in [3.63, 3.8) is 0 Å². The predicted octanol–water partition coefficient (Wildman–Crippen LogP) is 5.38. The predicted molar refractivity (Wildman–Crippen MR) is 255 cm³/mol. The van der Waals surface area contributed by atoms with E-state index in [-0.39, 0.29) is 52.8 Å². The Kier molecular flexibility index (Phi) is 14.9. The number of fused-ring (bicyclic) bond motifs is 1. The van der Waals surface area contributed by atoms with Gasteiger partial charge in [0.2, 0.25) is 23.6 Å². The summed E-state index contributed by atoms with van der Waals surface area (Å²) in [6.45, 7) is 5.78. The van der Waals surface area contributed by atoms with Gasteiger partial charge in [-0.25, -0.2) is 0 Å². The van der Waals surface area contributed by atoms with Crippen LogP contribution in [0.15, 0.2) is 95.9 Å². The Morgan fingerprint density at radius 3 is 2.31 bits per heavy atom. The summed E-state index contributed by atoms with van der Waals surface area (Å²) in [5.74, 6) is 0.271. The molecule has 0 bridgehead atoms. The molecule has 1 fully saturated rings. The molecule has 6 heterocycles. The zero-order valence-electron chi connectivity index (χ0n) is 37.3. The number of furan rings is 1. The van der Waals surface area contributed by atoms with Crippen molar-refractivity contribution < 1.29 is 28.3 Å². The lowest BCUT2D eigenvalue weighted by Gasteiger charge is -2.16. The molecule has 2 aromatic carbocycles. The van der Waals surface area contributed by atoms with Crippen molar-refractivity contribution in [3.05, 3.63) is 125 Å². The maximum Gasteiger partial charge on any atom is 0.310 e. The second kappa shape index (κ2) is 21.7. The van der Waals surface area contributed by atoms with Gasteiger partial charge < -0.3 is 41.5 Å². The van der Waals surface area contributed by atoms with E-state index in [1.165, 1.54) is 17.9 Å². The molecule has 1 atom stereocenters. The molecule has 1 aliphatic rings. The van der Waals surface area contributed by atoms with Crippen LogP contribution in [0.2, 0.25) is 5.02 Å². The molecule has 7 aromatic rings. The lowest BCUT2D eigenvalue weighted by molar-refractivity contribution is -0.145. The number of methoxy groups -OCH3 is 1. The Labute approximate surface area is 395 Å². The molecule has 3 amide bonds. The molecule has 0 spiro atoms. The minimum absolute atomic E-state index is 0.0906. The van der Waals surface area contributed by atoms with Crippen LogP contribution in [0.4, 0.5) is 23.3 Å². The Hall–Kier alpha value is -7.81. The number of esters is 1. The SMILES string of the molecule is COC(=O)[C@@H]1CCN(Cc2ccc(C(=O)Nc3cccc(-c4cccc(NC(=O)c5ccc(CNCCNC(=O)CCCNc6nc(N)n7nc(-c8ccco8)nc7n6)cn5)c4C)c3Cl)nc2)C1. The third kappa shape index (κ3) is 11.4. The molecule has 1 saturated heterocycles. The molecule has 21 heteroatoms. The lowest BCUT2D eigenvalue weighted by atomic mass is 9.98. The average molecular weight is 941 g/mol. The Morgan fingerprint density at radius 2 is 1.59 bits per heavy atom. The molecular formula is C47H49ClN14O6. The quantitative estimate of drug-likeness (QED) is 0.0439. The number of hydrogen-bond donors (Lipinski definition) is 6. The van der Waals surface area contributed by atoms with Crippen molar-refractivity contribution in [2.24, 2.45) is 5.92 Å². The van der Waals surface area contributed by atoms with Crippen LogP contribution in [0.25, 0.3) is 28.5 Å². The van der Waals surface area contributed by atoms with E-state index in [0.29, 0.717) is 85.7 Å². The first-order chi connectivity index (χ1) is 33.0. The molecule has 0 aliphatic carbocycles. The highest BCUT2D eigenvalue weighted by Gasteiger charge is 2.29. The van der Waals surface area contributed by atoms with Gasteiger partial charge in [0.15, 0.2) is 5.76 Å². The number of nitrogen functional groups attached to an aromatic ring is 1. The summed E-state index contributed by atoms with van der Waals surface area (Å²) in [6, 6.07) is 21.3. The minimum atomic E-state index is -0.416. The number of halogens is 1. The molecule has 68 heavy (non-hydrogen) atoms. The van der Waals surface area contributed by atoms with Crippen LogP contribution in [0.3, 0.4) is 0 Å². The number of rotatable bonds is 19. The van der Waals surface area contributed by atoms with Crippen LogP contribution in [0, 0.1) is 12.8 Å². The fraction of sp³-hybridized carbons (Fsp3) is 0.277. The van der Waals surface area contributed by atoms with Crippen LogP contribution >= 0.6 is 11.6 Å². The molecule has 0 unspecified atom stereocenters. The third-order valence-electron chi connectivity index (χ3n) is 11.2. The number of carbonyl (C=O) groups is 4. The van der Waals surface area contributed by atoms with Crippen molar-refractivity contribution in [1.82, 2.24) is 50.1 Å². The fourth-order valence-corrected chi connectivity index (χ4v) is 7.91. The van der Waals surface area contributed by atoms with Gasteiger partial charge in [0.05, 0.1) is 30.0 Å². The highest BCUT2D eigenvalue weighted by Crippen LogP contribution is 2.37. The molecule has 20 nitrogen and oxygen atoms in total. The van der Waals surface area contributed by atoms with Crippen molar-refractivity contribution in [3.8, 4) is 22.7 Å².